The number of ether oxygens (including phenoxy) is 3. The first-order valence-electron chi connectivity index (χ1n) is 7.45. The third-order valence-corrected chi connectivity index (χ3v) is 4.26. The number of nitrogen functional groups attached to an aromatic ring is 1. The van der Waals surface area contributed by atoms with Crippen molar-refractivity contribution in [3.63, 3.8) is 0 Å². The van der Waals surface area contributed by atoms with Crippen molar-refractivity contribution >= 4 is 40.1 Å². The topological polar surface area (TPSA) is 96.6 Å². The van der Waals surface area contributed by atoms with Crippen LogP contribution in [0.4, 0.5) is 10.2 Å². The van der Waals surface area contributed by atoms with Gasteiger partial charge >= 0.3 is 5.97 Å². The molecule has 138 valence electrons. The first-order valence-corrected chi connectivity index (χ1v) is 8.53. The molecule has 1 aromatic carbocycles. The van der Waals surface area contributed by atoms with Crippen LogP contribution in [-0.2, 0) is 9.47 Å². The maximum Gasteiger partial charge on any atom is 0.357 e. The van der Waals surface area contributed by atoms with Gasteiger partial charge in [0.2, 0.25) is 0 Å². The highest BCUT2D eigenvalue weighted by Crippen LogP contribution is 2.33. The maximum absolute atomic E-state index is 14.7. The molecule has 9 heteroatoms. The second-order valence-corrected chi connectivity index (χ2v) is 6.11. The van der Waals surface area contributed by atoms with Crippen LogP contribution in [0.25, 0.3) is 17.1 Å². The predicted octanol–water partition coefficient (Wildman–Crippen LogP) is 3.27. The molecule has 0 saturated carbocycles. The fraction of sp³-hybridized carbons (Fsp3) is 0.235. The number of halogens is 2. The molecular formula is C17H17FIN3O4. The Balaban J connectivity index is 2.72. The number of aromatic nitrogens is 2. The van der Waals surface area contributed by atoms with E-state index < -0.39 is 11.8 Å². The highest BCUT2D eigenvalue weighted by atomic mass is 127. The zero-order valence-corrected chi connectivity index (χ0v) is 16.6. The van der Waals surface area contributed by atoms with E-state index >= 15 is 0 Å². The summed E-state index contributed by atoms with van der Waals surface area (Å²) < 4.78 is 30.4. The fourth-order valence-corrected chi connectivity index (χ4v) is 2.89. The van der Waals surface area contributed by atoms with Crippen molar-refractivity contribution < 1.29 is 23.4 Å². The lowest BCUT2D eigenvalue weighted by atomic mass is 10.1. The van der Waals surface area contributed by atoms with Crippen molar-refractivity contribution in [2.24, 2.45) is 0 Å². The van der Waals surface area contributed by atoms with Gasteiger partial charge in [-0.15, -0.1) is 0 Å². The second-order valence-electron chi connectivity index (χ2n) is 4.95. The zero-order valence-electron chi connectivity index (χ0n) is 14.4. The number of nitrogens with zero attached hydrogens (tertiary/aromatic N) is 2. The maximum atomic E-state index is 14.7. The molecule has 0 aliphatic rings. The summed E-state index contributed by atoms with van der Waals surface area (Å²) in [6, 6.07) is 3.12. The zero-order chi connectivity index (χ0) is 19.4. The second kappa shape index (κ2) is 8.30. The third kappa shape index (κ3) is 3.71. The largest absolute Gasteiger partial charge is 0.494 e. The Kier molecular flexibility index (Phi) is 6.35. The quantitative estimate of drug-likeness (QED) is 0.391. The predicted molar refractivity (Wildman–Crippen MR) is 103 cm³/mol. The molecule has 0 aliphatic heterocycles. The minimum atomic E-state index is -0.769. The summed E-state index contributed by atoms with van der Waals surface area (Å²) in [5.41, 5.74) is 5.96. The van der Waals surface area contributed by atoms with E-state index in [1.165, 1.54) is 20.3 Å². The van der Waals surface area contributed by atoms with E-state index in [4.69, 9.17) is 19.9 Å². The average molecular weight is 473 g/mol. The summed E-state index contributed by atoms with van der Waals surface area (Å²) in [6.45, 7) is 5.79. The van der Waals surface area contributed by atoms with Crippen LogP contribution in [0.2, 0.25) is 0 Å². The number of hydrogen-bond donors (Lipinski definition) is 1. The molecule has 0 aliphatic carbocycles. The highest BCUT2D eigenvalue weighted by Gasteiger charge is 2.25. The Hall–Kier alpha value is -2.43. The van der Waals surface area contributed by atoms with Gasteiger partial charge in [0.1, 0.15) is 11.6 Å². The first kappa shape index (κ1) is 19.9. The van der Waals surface area contributed by atoms with Gasteiger partial charge in [0, 0.05) is 0 Å². The number of rotatable bonds is 6. The molecule has 1 aromatic heterocycles. The number of carbonyl (C=O) groups excluding carboxylic acids is 1. The molecule has 2 N–H and O–H groups in total. The van der Waals surface area contributed by atoms with Crippen LogP contribution in [0.15, 0.2) is 18.7 Å². The van der Waals surface area contributed by atoms with E-state index in [0.29, 0.717) is 10.2 Å². The number of carbonyl (C=O) groups is 1. The lowest BCUT2D eigenvalue weighted by molar-refractivity contribution is 0.0593. The van der Waals surface area contributed by atoms with Crippen LogP contribution < -0.4 is 10.5 Å². The SMILES string of the molecule is C=C(OCC)c1c(N)nc(-c2ccc(I)c(OC)c2F)nc1C(=O)OC. The van der Waals surface area contributed by atoms with Crippen LogP contribution in [0.3, 0.4) is 0 Å². The van der Waals surface area contributed by atoms with Crippen LogP contribution in [0.5, 0.6) is 5.75 Å². The van der Waals surface area contributed by atoms with Crippen molar-refractivity contribution in [1.29, 1.82) is 0 Å². The molecule has 26 heavy (non-hydrogen) atoms. The van der Waals surface area contributed by atoms with Gasteiger partial charge in [0.25, 0.3) is 0 Å². The number of methoxy groups -OCH3 is 2. The van der Waals surface area contributed by atoms with E-state index in [2.05, 4.69) is 16.5 Å². The summed E-state index contributed by atoms with van der Waals surface area (Å²) in [6.07, 6.45) is 0. The summed E-state index contributed by atoms with van der Waals surface area (Å²) in [5, 5.41) is 0. The molecular weight excluding hydrogens is 456 g/mol. The Bertz CT molecular complexity index is 874. The monoisotopic (exact) mass is 473 g/mol. The molecule has 0 atom stereocenters. The molecule has 0 fully saturated rings. The number of hydrogen-bond acceptors (Lipinski definition) is 7. The third-order valence-electron chi connectivity index (χ3n) is 3.41. The van der Waals surface area contributed by atoms with Gasteiger partial charge in [0.15, 0.2) is 23.1 Å². The van der Waals surface area contributed by atoms with E-state index in [1.54, 1.807) is 13.0 Å². The number of anilines is 1. The fourth-order valence-electron chi connectivity index (χ4n) is 2.26. The van der Waals surface area contributed by atoms with Crippen molar-refractivity contribution in [2.45, 2.75) is 6.92 Å². The van der Waals surface area contributed by atoms with Gasteiger partial charge in [-0.1, -0.05) is 6.58 Å². The van der Waals surface area contributed by atoms with E-state index in [0.717, 1.165) is 0 Å². The van der Waals surface area contributed by atoms with E-state index in [9.17, 15) is 9.18 Å². The molecule has 0 unspecified atom stereocenters. The van der Waals surface area contributed by atoms with Crippen LogP contribution in [0, 0.1) is 9.39 Å². The van der Waals surface area contributed by atoms with Crippen molar-refractivity contribution in [1.82, 2.24) is 9.97 Å². The van der Waals surface area contributed by atoms with Crippen molar-refractivity contribution in [2.75, 3.05) is 26.6 Å². The molecule has 2 aromatic rings. The summed E-state index contributed by atoms with van der Waals surface area (Å²) in [4.78, 5) is 20.4. The molecule has 0 saturated heterocycles. The highest BCUT2D eigenvalue weighted by molar-refractivity contribution is 14.1. The van der Waals surface area contributed by atoms with Crippen LogP contribution >= 0.6 is 22.6 Å². The van der Waals surface area contributed by atoms with Gasteiger partial charge in [0.05, 0.1) is 35.5 Å². The van der Waals surface area contributed by atoms with Gasteiger partial charge in [-0.05, 0) is 41.6 Å². The number of esters is 1. The molecule has 0 amide bonds. The normalized spacial score (nSPS) is 10.3. The summed E-state index contributed by atoms with van der Waals surface area (Å²) >= 11 is 1.94. The molecule has 0 bridgehead atoms. The first-order chi connectivity index (χ1) is 12.3. The Morgan fingerprint density at radius 2 is 2.04 bits per heavy atom. The van der Waals surface area contributed by atoms with E-state index in [-0.39, 0.29) is 40.0 Å². The number of benzene rings is 1. The van der Waals surface area contributed by atoms with Crippen molar-refractivity contribution in [3.05, 3.63) is 39.4 Å². The Labute approximate surface area is 163 Å². The van der Waals surface area contributed by atoms with E-state index in [1.807, 2.05) is 22.6 Å². The average Bonchev–Trinajstić information content (AvgIpc) is 2.60. The molecule has 0 radical (unpaired) electrons. The van der Waals surface area contributed by atoms with Gasteiger partial charge in [-0.25, -0.2) is 19.2 Å². The van der Waals surface area contributed by atoms with Crippen LogP contribution in [-0.4, -0.2) is 36.8 Å². The molecule has 0 spiro atoms. The van der Waals surface area contributed by atoms with Crippen LogP contribution in [0.1, 0.15) is 23.0 Å². The molecule has 1 heterocycles. The Morgan fingerprint density at radius 3 is 2.62 bits per heavy atom. The lowest BCUT2D eigenvalue weighted by Gasteiger charge is -2.15. The van der Waals surface area contributed by atoms with Crippen molar-refractivity contribution in [3.8, 4) is 17.1 Å². The number of nitrogens with two attached hydrogens (primary N) is 1. The van der Waals surface area contributed by atoms with Gasteiger partial charge in [-0.3, -0.25) is 0 Å². The smallest absolute Gasteiger partial charge is 0.357 e. The lowest BCUT2D eigenvalue weighted by Crippen LogP contribution is -2.14. The summed E-state index contributed by atoms with van der Waals surface area (Å²) in [5.74, 6) is -1.42. The molecule has 7 nitrogen and oxygen atoms in total. The summed E-state index contributed by atoms with van der Waals surface area (Å²) in [7, 11) is 2.55. The minimum absolute atomic E-state index is 0.0349. The van der Waals surface area contributed by atoms with Gasteiger partial charge in [-0.2, -0.15) is 0 Å². The molecule has 2 rings (SSSR count). The Morgan fingerprint density at radius 1 is 1.35 bits per heavy atom. The van der Waals surface area contributed by atoms with Gasteiger partial charge < -0.3 is 19.9 Å². The minimum Gasteiger partial charge on any atom is -0.494 e. The standard InChI is InChI=1S/C17H17FIN3O4/c1-5-26-8(2)11-13(17(23)25-4)21-16(22-15(11)20)9-6-7-10(19)14(24-3)12(9)18/h6-7H,2,5H2,1,3-4H3,(H2,20,21,22).